The molecule has 3 saturated heterocycles. The standard InChI is InChI=1S/C34H47N3O18/c1-12-7-22(44)50-18-8-16(5-6-17(12)18)49-32-24(36-14(3)42)28(47)30(20(10-39)52-32)55-34-25(37-15(4)43)29(48)31(21(11-40)53-34)54-33-23(35-13(2)41)27(46)26(45)19(9-38)51-33/h5-8,19-21,23-34,38-40,45-48H,9-11H2,1-4H3,(H,35,41)(H,36,42)(H,37,43)/t19-,20-,21-,23?,24-,25-,26-,27-,28-,29-,30?,31?,32-,33?,34?/m1/s1. The van der Waals surface area contributed by atoms with Crippen molar-refractivity contribution in [2.24, 2.45) is 0 Å². The van der Waals surface area contributed by atoms with E-state index < -0.39 is 135 Å². The lowest BCUT2D eigenvalue weighted by atomic mass is 9.93. The van der Waals surface area contributed by atoms with Gasteiger partial charge in [-0.2, -0.15) is 0 Å². The molecule has 21 heteroatoms. The first-order valence-corrected chi connectivity index (χ1v) is 17.4. The van der Waals surface area contributed by atoms with Crippen LogP contribution in [0.5, 0.6) is 5.75 Å². The molecule has 5 unspecified atom stereocenters. The van der Waals surface area contributed by atoms with Gasteiger partial charge >= 0.3 is 5.63 Å². The van der Waals surface area contributed by atoms with Crippen LogP contribution in [0.2, 0.25) is 0 Å². The SMILES string of the molecule is CC(=O)NC1C(OC2[C@@H](CO)OC(OC3[C@@H](CO)O[C@@H](Oc4ccc5c(C)cc(=O)oc5c4)[C@H](NC(C)=O)[C@H]3O)[C@H](NC(C)=O)[C@H]2O)O[C@H](CO)[C@@H](O)[C@@H]1O. The van der Waals surface area contributed by atoms with Crippen LogP contribution in [0, 0.1) is 6.92 Å². The van der Waals surface area contributed by atoms with E-state index in [2.05, 4.69) is 16.0 Å². The van der Waals surface area contributed by atoms with Crippen molar-refractivity contribution >= 4 is 28.7 Å². The highest BCUT2D eigenvalue weighted by molar-refractivity contribution is 5.81. The second-order valence-corrected chi connectivity index (χ2v) is 13.5. The molecule has 0 bridgehead atoms. The van der Waals surface area contributed by atoms with Gasteiger partial charge in [0.05, 0.1) is 19.8 Å². The van der Waals surface area contributed by atoms with Gasteiger partial charge in [-0.15, -0.1) is 0 Å². The predicted molar refractivity (Wildman–Crippen MR) is 182 cm³/mol. The van der Waals surface area contributed by atoms with Crippen molar-refractivity contribution in [1.82, 2.24) is 16.0 Å². The van der Waals surface area contributed by atoms with Gasteiger partial charge in [0.15, 0.2) is 12.6 Å². The van der Waals surface area contributed by atoms with Gasteiger partial charge in [-0.1, -0.05) is 0 Å². The summed E-state index contributed by atoms with van der Waals surface area (Å²) in [7, 11) is 0. The zero-order chi connectivity index (χ0) is 40.3. The molecular weight excluding hydrogens is 738 g/mol. The third-order valence-corrected chi connectivity index (χ3v) is 9.45. The van der Waals surface area contributed by atoms with Crippen LogP contribution in [-0.2, 0) is 38.1 Å². The Bertz CT molecular complexity index is 1730. The number of rotatable bonds is 12. The molecule has 21 nitrogen and oxygen atoms in total. The molecule has 15 atom stereocenters. The lowest BCUT2D eigenvalue weighted by Crippen LogP contribution is -2.71. The Kier molecular flexibility index (Phi) is 13.8. The van der Waals surface area contributed by atoms with Gasteiger partial charge in [0, 0.05) is 38.3 Å². The molecule has 0 spiro atoms. The summed E-state index contributed by atoms with van der Waals surface area (Å²) in [5, 5.41) is 82.9. The van der Waals surface area contributed by atoms with Gasteiger partial charge < -0.3 is 84.5 Å². The summed E-state index contributed by atoms with van der Waals surface area (Å²) in [6, 6.07) is 1.55. The molecule has 0 saturated carbocycles. The molecule has 3 amide bonds. The maximum absolute atomic E-state index is 12.4. The molecule has 3 aliphatic heterocycles. The highest BCUT2D eigenvalue weighted by atomic mass is 16.7. The summed E-state index contributed by atoms with van der Waals surface area (Å²) < 4.78 is 40.8. The topological polar surface area (TPSA) is 314 Å². The van der Waals surface area contributed by atoms with E-state index in [4.69, 9.17) is 32.8 Å². The van der Waals surface area contributed by atoms with E-state index >= 15 is 0 Å². The largest absolute Gasteiger partial charge is 0.462 e. The van der Waals surface area contributed by atoms with Crippen LogP contribution >= 0.6 is 0 Å². The van der Waals surface area contributed by atoms with Gasteiger partial charge in [-0.05, 0) is 24.6 Å². The fourth-order valence-electron chi connectivity index (χ4n) is 6.87. The van der Waals surface area contributed by atoms with Crippen molar-refractivity contribution in [3.05, 3.63) is 40.2 Å². The third-order valence-electron chi connectivity index (χ3n) is 9.45. The maximum Gasteiger partial charge on any atom is 0.336 e. The zero-order valence-corrected chi connectivity index (χ0v) is 30.2. The normalized spacial score (nSPS) is 36.5. The number of aliphatic hydroxyl groups excluding tert-OH is 7. The number of fused-ring (bicyclic) bond motifs is 1. The van der Waals surface area contributed by atoms with E-state index in [9.17, 15) is 54.9 Å². The molecule has 10 N–H and O–H groups in total. The molecule has 4 heterocycles. The molecule has 0 aliphatic carbocycles. The van der Waals surface area contributed by atoms with Crippen LogP contribution in [0.1, 0.15) is 26.3 Å². The summed E-state index contributed by atoms with van der Waals surface area (Å²) >= 11 is 0. The number of hydrogen-bond acceptors (Lipinski definition) is 18. The quantitative estimate of drug-likeness (QED) is 0.0905. The highest BCUT2D eigenvalue weighted by Crippen LogP contribution is 2.34. The fraction of sp³-hybridized carbons (Fsp3) is 0.647. The first-order valence-electron chi connectivity index (χ1n) is 17.4. The van der Waals surface area contributed by atoms with E-state index in [0.29, 0.717) is 10.9 Å². The molecule has 2 aromatic rings. The number of carbonyl (C=O) groups is 3. The average molecular weight is 786 g/mol. The molecular formula is C34H47N3O18. The number of aliphatic hydroxyl groups is 7. The third kappa shape index (κ3) is 9.42. The Balaban J connectivity index is 1.40. The number of nitrogens with one attached hydrogen (secondary N) is 3. The fourth-order valence-corrected chi connectivity index (χ4v) is 6.87. The summed E-state index contributed by atoms with van der Waals surface area (Å²) in [5.41, 5.74) is 0.246. The first kappa shape index (κ1) is 42.3. The van der Waals surface area contributed by atoms with Crippen LogP contribution in [0.4, 0.5) is 0 Å². The Morgan fingerprint density at radius 3 is 1.60 bits per heavy atom. The van der Waals surface area contributed by atoms with E-state index in [0.717, 1.165) is 13.8 Å². The van der Waals surface area contributed by atoms with Crippen molar-refractivity contribution in [2.45, 2.75) is 120 Å². The minimum Gasteiger partial charge on any atom is -0.462 e. The molecule has 3 fully saturated rings. The van der Waals surface area contributed by atoms with E-state index in [1.54, 1.807) is 19.1 Å². The van der Waals surface area contributed by atoms with E-state index in [1.165, 1.54) is 19.1 Å². The lowest BCUT2D eigenvalue weighted by Gasteiger charge is -2.50. The Morgan fingerprint density at radius 1 is 0.655 bits per heavy atom. The first-order chi connectivity index (χ1) is 26.1. The molecule has 1 aromatic heterocycles. The number of benzene rings is 1. The van der Waals surface area contributed by atoms with Crippen molar-refractivity contribution in [3.8, 4) is 5.75 Å². The van der Waals surface area contributed by atoms with Crippen LogP contribution in [0.15, 0.2) is 33.5 Å². The number of aryl methyl sites for hydroxylation is 1. The number of carbonyl (C=O) groups excluding carboxylic acids is 3. The van der Waals surface area contributed by atoms with Gasteiger partial charge in [-0.3, -0.25) is 14.4 Å². The molecule has 1 aromatic carbocycles. The Hall–Kier alpha value is -3.84. The molecule has 306 valence electrons. The Morgan fingerprint density at radius 2 is 1.11 bits per heavy atom. The van der Waals surface area contributed by atoms with Crippen molar-refractivity contribution in [3.63, 3.8) is 0 Å². The average Bonchev–Trinajstić information content (AvgIpc) is 3.12. The van der Waals surface area contributed by atoms with Gasteiger partial charge in [-0.25, -0.2) is 4.79 Å². The monoisotopic (exact) mass is 785 g/mol. The zero-order valence-electron chi connectivity index (χ0n) is 30.2. The lowest BCUT2D eigenvalue weighted by molar-refractivity contribution is -0.350. The van der Waals surface area contributed by atoms with E-state index in [-0.39, 0.29) is 11.3 Å². The summed E-state index contributed by atoms with van der Waals surface area (Å²) in [4.78, 5) is 48.6. The molecule has 5 rings (SSSR count). The van der Waals surface area contributed by atoms with E-state index in [1.807, 2.05) is 0 Å². The minimum atomic E-state index is -1.81. The molecule has 3 aliphatic rings. The van der Waals surface area contributed by atoms with Crippen LogP contribution in [0.3, 0.4) is 0 Å². The van der Waals surface area contributed by atoms with Gasteiger partial charge in [0.2, 0.25) is 24.0 Å². The van der Waals surface area contributed by atoms with Gasteiger partial charge in [0.25, 0.3) is 0 Å². The van der Waals surface area contributed by atoms with Crippen molar-refractivity contribution in [2.75, 3.05) is 19.8 Å². The Labute approximate surface area is 313 Å². The van der Waals surface area contributed by atoms with Gasteiger partial charge in [0.1, 0.15) is 84.4 Å². The van der Waals surface area contributed by atoms with Crippen molar-refractivity contribution < 1.29 is 83.0 Å². The summed E-state index contributed by atoms with van der Waals surface area (Å²) in [5.74, 6) is -1.86. The highest BCUT2D eigenvalue weighted by Gasteiger charge is 2.55. The van der Waals surface area contributed by atoms with Crippen molar-refractivity contribution in [1.29, 1.82) is 0 Å². The maximum atomic E-state index is 12.4. The summed E-state index contributed by atoms with van der Waals surface area (Å²) in [6.45, 7) is 2.70. The summed E-state index contributed by atoms with van der Waals surface area (Å²) in [6.07, 6.45) is -19.1. The minimum absolute atomic E-state index is 0.112. The number of ether oxygens (including phenoxy) is 6. The molecule has 0 radical (unpaired) electrons. The second-order valence-electron chi connectivity index (χ2n) is 13.5. The van der Waals surface area contributed by atoms with Crippen LogP contribution < -0.4 is 26.3 Å². The van der Waals surface area contributed by atoms with Crippen LogP contribution in [-0.4, -0.2) is 165 Å². The molecule has 55 heavy (non-hydrogen) atoms. The smallest absolute Gasteiger partial charge is 0.336 e. The van der Waals surface area contributed by atoms with Crippen LogP contribution in [0.25, 0.3) is 11.0 Å². The number of amides is 3. The predicted octanol–water partition coefficient (Wildman–Crippen LogP) is -4.64. The second kappa shape index (κ2) is 18.0. The number of hydrogen-bond donors (Lipinski definition) is 10.